The average molecular weight is 347 g/mol. The molecular weight excluding hydrogens is 330 g/mol. The van der Waals surface area contributed by atoms with Crippen molar-refractivity contribution in [3.63, 3.8) is 0 Å². The van der Waals surface area contributed by atoms with E-state index >= 15 is 0 Å². The summed E-state index contributed by atoms with van der Waals surface area (Å²) in [4.78, 5) is 16.3. The number of benzene rings is 1. The lowest BCUT2D eigenvalue weighted by Crippen LogP contribution is -2.26. The quantitative estimate of drug-likeness (QED) is 0.600. The predicted molar refractivity (Wildman–Crippen MR) is 96.1 cm³/mol. The zero-order valence-corrected chi connectivity index (χ0v) is 14.2. The molecule has 0 bridgehead atoms. The fraction of sp³-hybridized carbons (Fsp3) is 0.158. The topological polar surface area (TPSA) is 85.8 Å². The number of rotatable bonds is 5. The van der Waals surface area contributed by atoms with Gasteiger partial charge in [-0.05, 0) is 35.2 Å². The molecular formula is C19H17N5O2. The Morgan fingerprint density at radius 2 is 2.15 bits per heavy atom. The summed E-state index contributed by atoms with van der Waals surface area (Å²) in [6.07, 6.45) is 5.35. The number of nitrogens with one attached hydrogen (secondary N) is 1. The highest BCUT2D eigenvalue weighted by Crippen LogP contribution is 2.24. The number of hydrogen-bond acceptors (Lipinski definition) is 5. The Kier molecular flexibility index (Phi) is 4.18. The molecule has 0 fully saturated rings. The minimum absolute atomic E-state index is 0.0645. The van der Waals surface area contributed by atoms with Gasteiger partial charge in [0.15, 0.2) is 0 Å². The van der Waals surface area contributed by atoms with Crippen LogP contribution in [0.25, 0.3) is 22.4 Å². The summed E-state index contributed by atoms with van der Waals surface area (Å²) in [6, 6.07) is 11.6. The Hall–Kier alpha value is -3.48. The summed E-state index contributed by atoms with van der Waals surface area (Å²) >= 11 is 0. The van der Waals surface area contributed by atoms with E-state index in [0.29, 0.717) is 18.3 Å². The molecule has 1 aromatic carbocycles. The van der Waals surface area contributed by atoms with Crippen LogP contribution >= 0.6 is 0 Å². The maximum Gasteiger partial charge on any atom is 0.247 e. The van der Waals surface area contributed by atoms with E-state index in [-0.39, 0.29) is 12.5 Å². The van der Waals surface area contributed by atoms with Crippen LogP contribution in [0.3, 0.4) is 0 Å². The first-order valence-corrected chi connectivity index (χ1v) is 8.24. The van der Waals surface area contributed by atoms with E-state index in [0.717, 1.165) is 22.0 Å². The lowest BCUT2D eigenvalue weighted by atomic mass is 10.1. The number of aryl methyl sites for hydroxylation is 1. The van der Waals surface area contributed by atoms with Crippen LogP contribution in [0.2, 0.25) is 0 Å². The molecule has 0 aliphatic carbocycles. The van der Waals surface area contributed by atoms with Crippen molar-refractivity contribution in [3.05, 3.63) is 66.4 Å². The van der Waals surface area contributed by atoms with Crippen LogP contribution < -0.4 is 5.32 Å². The Bertz CT molecular complexity index is 1050. The Morgan fingerprint density at radius 1 is 1.23 bits per heavy atom. The van der Waals surface area contributed by atoms with Crippen molar-refractivity contribution in [1.82, 2.24) is 25.1 Å². The van der Waals surface area contributed by atoms with Crippen molar-refractivity contribution in [2.75, 3.05) is 0 Å². The van der Waals surface area contributed by atoms with Crippen LogP contribution in [0.15, 0.2) is 59.4 Å². The molecule has 0 saturated heterocycles. The first-order valence-electron chi connectivity index (χ1n) is 8.24. The van der Waals surface area contributed by atoms with Gasteiger partial charge in [0, 0.05) is 43.1 Å². The molecule has 0 unspecified atom stereocenters. The van der Waals surface area contributed by atoms with Crippen molar-refractivity contribution in [1.29, 1.82) is 0 Å². The zero-order valence-electron chi connectivity index (χ0n) is 14.2. The van der Waals surface area contributed by atoms with Crippen LogP contribution in [0.1, 0.15) is 11.5 Å². The highest BCUT2D eigenvalue weighted by Gasteiger charge is 2.10. The van der Waals surface area contributed by atoms with Gasteiger partial charge in [-0.15, -0.1) is 10.2 Å². The monoisotopic (exact) mass is 347 g/mol. The number of carbonyl (C=O) groups is 1. The second-order valence-electron chi connectivity index (χ2n) is 5.98. The van der Waals surface area contributed by atoms with Gasteiger partial charge in [-0.2, -0.15) is 0 Å². The van der Waals surface area contributed by atoms with Gasteiger partial charge >= 0.3 is 0 Å². The summed E-state index contributed by atoms with van der Waals surface area (Å²) in [6.45, 7) is 2.44. The number of aromatic nitrogens is 4. The fourth-order valence-corrected chi connectivity index (χ4v) is 2.78. The standard InChI is InChI=1S/C19H17N5O2/c1-13-22-23-19(26-13)16-5-4-15-6-8-24(17(15)9-16)12-18(25)21-11-14-3-2-7-20-10-14/h2-10H,11-12H2,1H3,(H,21,25). The van der Waals surface area contributed by atoms with E-state index in [9.17, 15) is 4.79 Å². The normalized spacial score (nSPS) is 11.0. The third-order valence-electron chi connectivity index (χ3n) is 4.07. The van der Waals surface area contributed by atoms with E-state index in [2.05, 4.69) is 20.5 Å². The summed E-state index contributed by atoms with van der Waals surface area (Å²) < 4.78 is 7.39. The number of amides is 1. The Balaban J connectivity index is 1.51. The van der Waals surface area contributed by atoms with Crippen LogP contribution in [0.4, 0.5) is 0 Å². The smallest absolute Gasteiger partial charge is 0.247 e. The zero-order chi connectivity index (χ0) is 17.9. The SMILES string of the molecule is Cc1nnc(-c2ccc3ccn(CC(=O)NCc4cccnc4)c3c2)o1. The molecule has 1 amide bonds. The fourth-order valence-electron chi connectivity index (χ4n) is 2.78. The van der Waals surface area contributed by atoms with Gasteiger partial charge in [-0.1, -0.05) is 12.1 Å². The molecule has 0 aliphatic rings. The van der Waals surface area contributed by atoms with Gasteiger partial charge in [-0.3, -0.25) is 9.78 Å². The molecule has 7 heteroatoms. The number of carbonyl (C=O) groups excluding carboxylic acids is 1. The largest absolute Gasteiger partial charge is 0.421 e. The van der Waals surface area contributed by atoms with Gasteiger partial charge < -0.3 is 14.3 Å². The third-order valence-corrected chi connectivity index (χ3v) is 4.07. The number of hydrogen-bond donors (Lipinski definition) is 1. The summed E-state index contributed by atoms with van der Waals surface area (Å²) in [5.41, 5.74) is 2.73. The molecule has 4 rings (SSSR count). The van der Waals surface area contributed by atoms with Crippen molar-refractivity contribution >= 4 is 16.8 Å². The van der Waals surface area contributed by atoms with Crippen LogP contribution in [-0.4, -0.2) is 25.7 Å². The van der Waals surface area contributed by atoms with Crippen LogP contribution in [-0.2, 0) is 17.9 Å². The lowest BCUT2D eigenvalue weighted by Gasteiger charge is -2.08. The average Bonchev–Trinajstić information content (AvgIpc) is 3.27. The molecule has 0 spiro atoms. The second kappa shape index (κ2) is 6.79. The van der Waals surface area contributed by atoms with E-state index in [4.69, 9.17) is 4.42 Å². The molecule has 4 aromatic rings. The molecule has 7 nitrogen and oxygen atoms in total. The first-order chi connectivity index (χ1) is 12.7. The lowest BCUT2D eigenvalue weighted by molar-refractivity contribution is -0.121. The molecule has 0 atom stereocenters. The highest BCUT2D eigenvalue weighted by atomic mass is 16.4. The minimum Gasteiger partial charge on any atom is -0.421 e. The molecule has 26 heavy (non-hydrogen) atoms. The maximum atomic E-state index is 12.3. The second-order valence-corrected chi connectivity index (χ2v) is 5.98. The molecule has 3 heterocycles. The minimum atomic E-state index is -0.0645. The van der Waals surface area contributed by atoms with Crippen LogP contribution in [0, 0.1) is 6.92 Å². The van der Waals surface area contributed by atoms with E-state index in [1.165, 1.54) is 0 Å². The molecule has 0 saturated carbocycles. The van der Waals surface area contributed by atoms with Crippen molar-refractivity contribution < 1.29 is 9.21 Å². The van der Waals surface area contributed by atoms with E-state index < -0.39 is 0 Å². The highest BCUT2D eigenvalue weighted by molar-refractivity contribution is 5.86. The van der Waals surface area contributed by atoms with E-state index in [1.54, 1.807) is 19.3 Å². The maximum absolute atomic E-state index is 12.3. The van der Waals surface area contributed by atoms with Gasteiger partial charge in [-0.25, -0.2) is 0 Å². The van der Waals surface area contributed by atoms with Gasteiger partial charge in [0.1, 0.15) is 6.54 Å². The molecule has 3 aromatic heterocycles. The molecule has 1 N–H and O–H groups in total. The Morgan fingerprint density at radius 3 is 2.92 bits per heavy atom. The van der Waals surface area contributed by atoms with Crippen molar-refractivity contribution in [2.45, 2.75) is 20.0 Å². The van der Waals surface area contributed by atoms with Crippen molar-refractivity contribution in [2.24, 2.45) is 0 Å². The molecule has 130 valence electrons. The predicted octanol–water partition coefficient (Wildman–Crippen LogP) is 2.71. The first kappa shape index (κ1) is 16.0. The summed E-state index contributed by atoms with van der Waals surface area (Å²) in [5, 5.41) is 11.9. The van der Waals surface area contributed by atoms with E-state index in [1.807, 2.05) is 47.2 Å². The van der Waals surface area contributed by atoms with Gasteiger partial charge in [0.25, 0.3) is 0 Å². The summed E-state index contributed by atoms with van der Waals surface area (Å²) in [5.74, 6) is 0.925. The van der Waals surface area contributed by atoms with Crippen LogP contribution in [0.5, 0.6) is 0 Å². The molecule has 0 radical (unpaired) electrons. The van der Waals surface area contributed by atoms with Gasteiger partial charge in [0.05, 0.1) is 0 Å². The summed E-state index contributed by atoms with van der Waals surface area (Å²) in [7, 11) is 0. The number of pyridine rings is 1. The van der Waals surface area contributed by atoms with Gasteiger partial charge in [0.2, 0.25) is 17.7 Å². The Labute approximate surface area is 149 Å². The third kappa shape index (κ3) is 3.32. The van der Waals surface area contributed by atoms with Crippen molar-refractivity contribution in [3.8, 4) is 11.5 Å². The number of nitrogens with zero attached hydrogens (tertiary/aromatic N) is 4. The molecule has 0 aliphatic heterocycles. The number of fused-ring (bicyclic) bond motifs is 1.